The Morgan fingerprint density at radius 2 is 1.69 bits per heavy atom. The van der Waals surface area contributed by atoms with Gasteiger partial charge in [-0.2, -0.15) is 5.10 Å². The number of rotatable bonds is 5. The van der Waals surface area contributed by atoms with Crippen LogP contribution in [0.4, 0.5) is 0 Å². The minimum atomic E-state index is 0.491. The highest BCUT2D eigenvalue weighted by molar-refractivity contribution is 5.96. The number of pyridine rings is 2. The van der Waals surface area contributed by atoms with Gasteiger partial charge in [-0.3, -0.25) is 15.1 Å². The average Bonchev–Trinajstić information content (AvgIpc) is 3.47. The fourth-order valence-corrected chi connectivity index (χ4v) is 3.86. The van der Waals surface area contributed by atoms with E-state index < -0.39 is 0 Å². The van der Waals surface area contributed by atoms with Crippen LogP contribution in [0.2, 0.25) is 0 Å². The predicted octanol–water partition coefficient (Wildman–Crippen LogP) is 5.75. The molecule has 4 heterocycles. The van der Waals surface area contributed by atoms with Crippen LogP contribution in [0.5, 0.6) is 5.75 Å². The van der Waals surface area contributed by atoms with Crippen LogP contribution in [-0.2, 0) is 6.61 Å². The highest BCUT2D eigenvalue weighted by Gasteiger charge is 2.13. The topological polar surface area (TPSA) is 79.5 Å². The second-order valence-corrected chi connectivity index (χ2v) is 7.64. The molecule has 0 spiro atoms. The van der Waals surface area contributed by atoms with Crippen molar-refractivity contribution < 1.29 is 4.74 Å². The highest BCUT2D eigenvalue weighted by Crippen LogP contribution is 2.31. The zero-order chi connectivity index (χ0) is 21.3. The summed E-state index contributed by atoms with van der Waals surface area (Å²) in [5.74, 6) is 0.705. The van der Waals surface area contributed by atoms with Crippen molar-refractivity contribution in [2.24, 2.45) is 0 Å². The Labute approximate surface area is 183 Å². The van der Waals surface area contributed by atoms with Crippen LogP contribution in [-0.4, -0.2) is 25.1 Å². The van der Waals surface area contributed by atoms with Gasteiger partial charge in [-0.1, -0.05) is 48.5 Å². The van der Waals surface area contributed by atoms with E-state index in [0.717, 1.165) is 50.0 Å². The third kappa shape index (κ3) is 3.37. The highest BCUT2D eigenvalue weighted by atomic mass is 16.5. The summed E-state index contributed by atoms with van der Waals surface area (Å²) in [5, 5.41) is 9.78. The first-order valence-corrected chi connectivity index (χ1v) is 10.4. The molecule has 0 saturated heterocycles. The normalized spacial score (nSPS) is 11.2. The van der Waals surface area contributed by atoms with Crippen LogP contribution in [0.1, 0.15) is 5.56 Å². The standard InChI is InChI=1S/C26H19N5O/c1-2-6-17(7-3-1)16-32-20-10-19(13-27-14-20)23-12-21-25(15-28-23)30-31-26(21)24-11-18-8-4-5-9-22(18)29-24/h1-15,29H,16H2,(H,30,31). The smallest absolute Gasteiger partial charge is 0.138 e. The monoisotopic (exact) mass is 417 g/mol. The van der Waals surface area contributed by atoms with Crippen molar-refractivity contribution in [1.29, 1.82) is 0 Å². The molecule has 2 aromatic carbocycles. The molecule has 32 heavy (non-hydrogen) atoms. The number of H-pyrrole nitrogens is 2. The minimum absolute atomic E-state index is 0.491. The summed E-state index contributed by atoms with van der Waals surface area (Å²) in [7, 11) is 0. The predicted molar refractivity (Wildman–Crippen MR) is 125 cm³/mol. The van der Waals surface area contributed by atoms with Crippen LogP contribution in [0.3, 0.4) is 0 Å². The number of nitrogens with one attached hydrogen (secondary N) is 2. The Hall–Kier alpha value is -4.45. The van der Waals surface area contributed by atoms with Crippen molar-refractivity contribution in [2.75, 3.05) is 0 Å². The van der Waals surface area contributed by atoms with Crippen LogP contribution in [0.25, 0.3) is 44.5 Å². The van der Waals surface area contributed by atoms with Gasteiger partial charge < -0.3 is 9.72 Å². The fraction of sp³-hybridized carbons (Fsp3) is 0.0385. The van der Waals surface area contributed by atoms with Gasteiger partial charge in [0.1, 0.15) is 18.1 Å². The lowest BCUT2D eigenvalue weighted by molar-refractivity contribution is 0.305. The molecule has 0 aliphatic carbocycles. The Kier molecular flexibility index (Phi) is 4.39. The molecule has 0 amide bonds. The lowest BCUT2D eigenvalue weighted by atomic mass is 10.1. The number of benzene rings is 2. The zero-order valence-electron chi connectivity index (χ0n) is 17.1. The molecule has 0 saturated carbocycles. The zero-order valence-corrected chi connectivity index (χ0v) is 17.1. The maximum absolute atomic E-state index is 5.94. The quantitative estimate of drug-likeness (QED) is 0.374. The third-order valence-corrected chi connectivity index (χ3v) is 5.49. The largest absolute Gasteiger partial charge is 0.487 e. The minimum Gasteiger partial charge on any atom is -0.487 e. The molecule has 154 valence electrons. The number of hydrogen-bond acceptors (Lipinski definition) is 4. The summed E-state index contributed by atoms with van der Waals surface area (Å²) in [5.41, 5.74) is 6.61. The molecule has 0 fully saturated rings. The van der Waals surface area contributed by atoms with Crippen molar-refractivity contribution in [3.8, 4) is 28.4 Å². The van der Waals surface area contributed by atoms with E-state index in [1.165, 1.54) is 0 Å². The fourth-order valence-electron chi connectivity index (χ4n) is 3.86. The van der Waals surface area contributed by atoms with Crippen molar-refractivity contribution in [1.82, 2.24) is 25.1 Å². The van der Waals surface area contributed by atoms with Gasteiger partial charge >= 0.3 is 0 Å². The molecule has 6 aromatic rings. The van der Waals surface area contributed by atoms with Gasteiger partial charge in [0, 0.05) is 28.0 Å². The van der Waals surface area contributed by atoms with E-state index in [1.54, 1.807) is 18.6 Å². The molecule has 4 aromatic heterocycles. The van der Waals surface area contributed by atoms with E-state index in [2.05, 4.69) is 43.3 Å². The second kappa shape index (κ2) is 7.67. The van der Waals surface area contributed by atoms with Gasteiger partial charge in [0.2, 0.25) is 0 Å². The molecule has 0 radical (unpaired) electrons. The maximum Gasteiger partial charge on any atom is 0.138 e. The number of fused-ring (bicyclic) bond motifs is 2. The number of para-hydroxylation sites is 1. The van der Waals surface area contributed by atoms with Crippen LogP contribution in [0.15, 0.2) is 91.4 Å². The van der Waals surface area contributed by atoms with Crippen molar-refractivity contribution in [2.45, 2.75) is 6.61 Å². The summed E-state index contributed by atoms with van der Waals surface area (Å²) < 4.78 is 5.94. The molecule has 0 bridgehead atoms. The molecule has 6 heteroatoms. The summed E-state index contributed by atoms with van der Waals surface area (Å²) >= 11 is 0. The SMILES string of the molecule is c1ccc(COc2cncc(-c3cc4c(-c5cc6ccccc6[nH]5)n[nH]c4cn3)c2)cc1. The molecular weight excluding hydrogens is 398 g/mol. The molecule has 0 aliphatic rings. The summed E-state index contributed by atoms with van der Waals surface area (Å²) in [6, 6.07) is 24.4. The number of aromatic nitrogens is 5. The third-order valence-electron chi connectivity index (χ3n) is 5.49. The molecule has 6 nitrogen and oxygen atoms in total. The summed E-state index contributed by atoms with van der Waals surface area (Å²) in [4.78, 5) is 12.4. The number of nitrogens with zero attached hydrogens (tertiary/aromatic N) is 3. The van der Waals surface area contributed by atoms with Gasteiger partial charge in [0.25, 0.3) is 0 Å². The van der Waals surface area contributed by atoms with E-state index in [-0.39, 0.29) is 0 Å². The van der Waals surface area contributed by atoms with E-state index in [9.17, 15) is 0 Å². The first-order chi connectivity index (χ1) is 15.8. The maximum atomic E-state index is 5.94. The number of aromatic amines is 2. The molecular formula is C26H19N5O. The molecule has 0 atom stereocenters. The first-order valence-electron chi connectivity index (χ1n) is 10.4. The molecule has 0 unspecified atom stereocenters. The van der Waals surface area contributed by atoms with E-state index in [1.807, 2.05) is 54.6 Å². The molecule has 2 N–H and O–H groups in total. The lowest BCUT2D eigenvalue weighted by Crippen LogP contribution is -1.96. The first kappa shape index (κ1) is 18.3. The Bertz CT molecular complexity index is 1500. The Morgan fingerprint density at radius 1 is 0.812 bits per heavy atom. The van der Waals surface area contributed by atoms with Gasteiger partial charge in [0.15, 0.2) is 0 Å². The van der Waals surface area contributed by atoms with Crippen molar-refractivity contribution in [3.05, 3.63) is 97.0 Å². The average molecular weight is 417 g/mol. The van der Waals surface area contributed by atoms with Crippen LogP contribution in [0, 0.1) is 0 Å². The number of hydrogen-bond donors (Lipinski definition) is 2. The Balaban J connectivity index is 1.34. The van der Waals surface area contributed by atoms with Gasteiger partial charge in [-0.15, -0.1) is 0 Å². The Morgan fingerprint density at radius 3 is 2.59 bits per heavy atom. The lowest BCUT2D eigenvalue weighted by Gasteiger charge is -2.08. The molecule has 0 aliphatic heterocycles. The van der Waals surface area contributed by atoms with Crippen LogP contribution >= 0.6 is 0 Å². The van der Waals surface area contributed by atoms with E-state index in [4.69, 9.17) is 4.74 Å². The molecule has 6 rings (SSSR count). The van der Waals surface area contributed by atoms with E-state index in [0.29, 0.717) is 12.4 Å². The van der Waals surface area contributed by atoms with Crippen molar-refractivity contribution in [3.63, 3.8) is 0 Å². The number of ether oxygens (including phenoxy) is 1. The van der Waals surface area contributed by atoms with Gasteiger partial charge in [-0.05, 0) is 29.8 Å². The van der Waals surface area contributed by atoms with Gasteiger partial charge in [-0.25, -0.2) is 0 Å². The summed E-state index contributed by atoms with van der Waals surface area (Å²) in [6.45, 7) is 0.491. The van der Waals surface area contributed by atoms with Crippen LogP contribution < -0.4 is 4.74 Å². The summed E-state index contributed by atoms with van der Waals surface area (Å²) in [6.07, 6.45) is 5.33. The van der Waals surface area contributed by atoms with E-state index >= 15 is 0 Å². The van der Waals surface area contributed by atoms with Crippen molar-refractivity contribution >= 4 is 21.8 Å². The second-order valence-electron chi connectivity index (χ2n) is 7.64. The van der Waals surface area contributed by atoms with Gasteiger partial charge in [0.05, 0.1) is 29.3 Å².